The lowest BCUT2D eigenvalue weighted by Gasteiger charge is -2.48. The molecule has 3 fully saturated rings. The summed E-state index contributed by atoms with van der Waals surface area (Å²) in [5.74, 6) is -0.251. The van der Waals surface area contributed by atoms with Crippen LogP contribution in [0.4, 0.5) is 0 Å². The lowest BCUT2D eigenvalue weighted by molar-refractivity contribution is -0.379. The van der Waals surface area contributed by atoms with E-state index in [0.29, 0.717) is 12.8 Å². The second-order valence-corrected chi connectivity index (χ2v) is 26.0. The number of carbonyl (C=O) groups is 1. The molecule has 3 aliphatic rings. The van der Waals surface area contributed by atoms with Crippen LogP contribution in [0.2, 0.25) is 0 Å². The zero-order valence-electron chi connectivity index (χ0n) is 58.6. The molecule has 19 nitrogen and oxygen atoms in total. The third-order valence-corrected chi connectivity index (χ3v) is 17.9. The maximum atomic E-state index is 13.4. The molecule has 19 heteroatoms. The van der Waals surface area contributed by atoms with Crippen molar-refractivity contribution < 1.29 is 89.4 Å². The normalized spacial score (nSPS) is 27.7. The van der Waals surface area contributed by atoms with E-state index >= 15 is 0 Å². The number of hydrogen-bond acceptors (Lipinski definition) is 18. The predicted molar refractivity (Wildman–Crippen MR) is 378 cm³/mol. The summed E-state index contributed by atoms with van der Waals surface area (Å²) in [5, 5.41) is 121. The zero-order chi connectivity index (χ0) is 69.6. The Morgan fingerprint density at radius 3 is 1.12 bits per heavy atom. The lowest BCUT2D eigenvalue weighted by Crippen LogP contribution is -2.66. The molecule has 3 rings (SSSR count). The summed E-state index contributed by atoms with van der Waals surface area (Å²) in [4.78, 5) is 13.4. The van der Waals surface area contributed by atoms with E-state index in [1.54, 1.807) is 0 Å². The Labute approximate surface area is 576 Å². The fourth-order valence-electron chi connectivity index (χ4n) is 11.9. The van der Waals surface area contributed by atoms with E-state index in [2.05, 4.69) is 129 Å². The van der Waals surface area contributed by atoms with E-state index in [9.17, 15) is 61.0 Å². The predicted octanol–water partition coefficient (Wildman–Crippen LogP) is 11.0. The number of rotatable bonds is 56. The maximum absolute atomic E-state index is 13.4. The fraction of sp³-hybridized carbons (Fsp3) is 0.753. The van der Waals surface area contributed by atoms with Crippen molar-refractivity contribution in [1.82, 2.24) is 5.32 Å². The molecule has 0 radical (unpaired) electrons. The molecule has 12 N–H and O–H groups in total. The third kappa shape index (κ3) is 37.8. The molecule has 3 saturated heterocycles. The molecule has 552 valence electrons. The number of nitrogens with one attached hydrogen (secondary N) is 1. The summed E-state index contributed by atoms with van der Waals surface area (Å²) in [5.41, 5.74) is 0. The molecule has 96 heavy (non-hydrogen) atoms. The van der Waals surface area contributed by atoms with Crippen LogP contribution in [0.1, 0.15) is 239 Å². The van der Waals surface area contributed by atoms with Crippen molar-refractivity contribution in [3.8, 4) is 0 Å². The molecule has 17 atom stereocenters. The second-order valence-electron chi connectivity index (χ2n) is 26.0. The van der Waals surface area contributed by atoms with E-state index in [0.717, 1.165) is 116 Å². The van der Waals surface area contributed by atoms with Crippen LogP contribution < -0.4 is 5.32 Å². The number of hydrogen-bond donors (Lipinski definition) is 12. The number of aliphatic hydroxyl groups is 11. The van der Waals surface area contributed by atoms with Crippen LogP contribution in [-0.4, -0.2) is 193 Å². The Balaban J connectivity index is 1.32. The van der Waals surface area contributed by atoms with Crippen molar-refractivity contribution in [1.29, 1.82) is 0 Å². The summed E-state index contributed by atoms with van der Waals surface area (Å²) in [6.07, 6.45) is 50.4. The lowest BCUT2D eigenvalue weighted by atomic mass is 9.96. The van der Waals surface area contributed by atoms with Crippen molar-refractivity contribution in [2.24, 2.45) is 0 Å². The highest BCUT2D eigenvalue weighted by atomic mass is 16.8. The van der Waals surface area contributed by atoms with E-state index in [1.165, 1.54) is 89.9 Å². The summed E-state index contributed by atoms with van der Waals surface area (Å²) in [6, 6.07) is -0.894. The standard InChI is InChI=1S/C77H131NO18/c1-3-5-7-9-11-13-15-17-18-19-20-21-22-23-24-25-26-27-28-29-30-31-32-33-34-35-36-37-38-39-40-41-42-43-45-47-49-51-53-55-65(83)78-60(61(82)54-52-50-48-46-44-16-14-12-10-8-6-4-2)59-91-75-71(89)68(86)73(63(57-80)93-75)96-77-72(90)69(87)74(64(58-81)94-77)95-76-70(88)67(85)66(84)62(56-79)92-76/h5,7,11,13,17-18,20-21,23-24,26-27,29-30,32-33,35-36,60-64,66-77,79-82,84-90H,3-4,6,8-10,12,14-16,19,22,25,28,31,34,37-59H2,1-2H3,(H,78,83)/b7-5-,13-11-,18-17-,21-20-,24-23-,27-26-,30-29-,33-32-,36-35-. The Kier molecular flexibility index (Phi) is 51.6. The molecule has 0 aromatic carbocycles. The van der Waals surface area contributed by atoms with Gasteiger partial charge < -0.3 is 89.9 Å². The molecule has 3 heterocycles. The van der Waals surface area contributed by atoms with Gasteiger partial charge in [0.2, 0.25) is 5.91 Å². The van der Waals surface area contributed by atoms with E-state index in [4.69, 9.17) is 28.4 Å². The van der Waals surface area contributed by atoms with Gasteiger partial charge in [-0.15, -0.1) is 0 Å². The first-order valence-corrected chi connectivity index (χ1v) is 37.1. The van der Waals surface area contributed by atoms with Gasteiger partial charge in [-0.3, -0.25) is 4.79 Å². The van der Waals surface area contributed by atoms with Crippen molar-refractivity contribution in [3.05, 3.63) is 109 Å². The van der Waals surface area contributed by atoms with Gasteiger partial charge in [0.1, 0.15) is 73.2 Å². The van der Waals surface area contributed by atoms with Gasteiger partial charge in [-0.2, -0.15) is 0 Å². The monoisotopic (exact) mass is 1360 g/mol. The maximum Gasteiger partial charge on any atom is 0.220 e. The topological polar surface area (TPSA) is 307 Å². The van der Waals surface area contributed by atoms with Gasteiger partial charge in [-0.1, -0.05) is 258 Å². The molecule has 0 saturated carbocycles. The quantitative estimate of drug-likeness (QED) is 0.0199. The van der Waals surface area contributed by atoms with Crippen LogP contribution in [-0.2, 0) is 33.2 Å². The zero-order valence-corrected chi connectivity index (χ0v) is 58.6. The highest BCUT2D eigenvalue weighted by Gasteiger charge is 2.53. The van der Waals surface area contributed by atoms with E-state index in [1.807, 2.05) is 0 Å². The molecule has 3 aliphatic heterocycles. The van der Waals surface area contributed by atoms with Gasteiger partial charge >= 0.3 is 0 Å². The Morgan fingerprint density at radius 1 is 0.385 bits per heavy atom. The van der Waals surface area contributed by atoms with Crippen LogP contribution >= 0.6 is 0 Å². The molecule has 0 aromatic heterocycles. The Hall–Kier alpha value is -3.55. The molecule has 1 amide bonds. The molecule has 0 aromatic rings. The average Bonchev–Trinajstić information content (AvgIpc) is 0.787. The van der Waals surface area contributed by atoms with Gasteiger partial charge in [0.15, 0.2) is 18.9 Å². The highest BCUT2D eigenvalue weighted by Crippen LogP contribution is 2.33. The summed E-state index contributed by atoms with van der Waals surface area (Å²) in [7, 11) is 0. The van der Waals surface area contributed by atoms with Gasteiger partial charge in [0.25, 0.3) is 0 Å². The van der Waals surface area contributed by atoms with Crippen LogP contribution in [0.3, 0.4) is 0 Å². The van der Waals surface area contributed by atoms with E-state index < -0.39 is 124 Å². The fourth-order valence-corrected chi connectivity index (χ4v) is 11.9. The van der Waals surface area contributed by atoms with E-state index in [-0.39, 0.29) is 18.9 Å². The second kappa shape index (κ2) is 57.1. The molecular formula is C77H131NO18. The first-order valence-electron chi connectivity index (χ1n) is 37.1. The number of allylic oxidation sites excluding steroid dienone is 18. The van der Waals surface area contributed by atoms with Crippen LogP contribution in [0, 0.1) is 0 Å². The Bertz CT molecular complexity index is 2160. The molecule has 17 unspecified atom stereocenters. The van der Waals surface area contributed by atoms with Crippen LogP contribution in [0.15, 0.2) is 109 Å². The molecule has 0 aliphatic carbocycles. The average molecular weight is 1360 g/mol. The minimum Gasteiger partial charge on any atom is -0.394 e. The van der Waals surface area contributed by atoms with Crippen LogP contribution in [0.25, 0.3) is 0 Å². The molecule has 0 spiro atoms. The number of amides is 1. The number of ether oxygens (including phenoxy) is 6. The minimum atomic E-state index is -1.98. The van der Waals surface area contributed by atoms with Crippen LogP contribution in [0.5, 0.6) is 0 Å². The number of unbranched alkanes of at least 4 members (excludes halogenated alkanes) is 22. The SMILES string of the molecule is CC/C=C\C/C=C\C/C=C\C/C=C\C/C=C\C/C=C\C/C=C\C/C=C\C/C=C\CCCCCCCCCCCCCC(=O)NC(COC1OC(CO)C(OC2OC(CO)C(OC3OC(CO)C(O)C(O)C3O)C(O)C2O)C(O)C1O)C(O)CCCCCCCCCCCCCC. The Morgan fingerprint density at radius 2 is 0.719 bits per heavy atom. The van der Waals surface area contributed by atoms with Gasteiger partial charge in [0, 0.05) is 6.42 Å². The molecule has 0 bridgehead atoms. The van der Waals surface area contributed by atoms with Crippen molar-refractivity contribution in [2.75, 3.05) is 26.4 Å². The van der Waals surface area contributed by atoms with Crippen molar-refractivity contribution in [2.45, 2.75) is 343 Å². The third-order valence-electron chi connectivity index (χ3n) is 17.9. The first kappa shape index (κ1) is 86.7. The smallest absolute Gasteiger partial charge is 0.220 e. The molecular weight excluding hydrogens is 1230 g/mol. The highest BCUT2D eigenvalue weighted by molar-refractivity contribution is 5.76. The van der Waals surface area contributed by atoms with Gasteiger partial charge in [-0.25, -0.2) is 0 Å². The summed E-state index contributed by atoms with van der Waals surface area (Å²) in [6.45, 7) is 1.66. The largest absolute Gasteiger partial charge is 0.394 e. The number of carbonyl (C=O) groups excluding carboxylic acids is 1. The number of aliphatic hydroxyl groups excluding tert-OH is 11. The summed E-state index contributed by atoms with van der Waals surface area (Å²) >= 11 is 0. The van der Waals surface area contributed by atoms with Gasteiger partial charge in [0.05, 0.1) is 38.6 Å². The van der Waals surface area contributed by atoms with Crippen molar-refractivity contribution in [3.63, 3.8) is 0 Å². The summed E-state index contributed by atoms with van der Waals surface area (Å²) < 4.78 is 34.4. The first-order chi connectivity index (χ1) is 46.8. The minimum absolute atomic E-state index is 0.251. The van der Waals surface area contributed by atoms with Gasteiger partial charge in [-0.05, 0) is 83.5 Å². The van der Waals surface area contributed by atoms with Crippen molar-refractivity contribution >= 4 is 5.91 Å².